The van der Waals surface area contributed by atoms with Crippen molar-refractivity contribution in [1.29, 1.82) is 0 Å². The lowest BCUT2D eigenvalue weighted by molar-refractivity contribution is 0.0696. The number of aromatic carboxylic acids is 1. The van der Waals surface area contributed by atoms with Crippen LogP contribution in [0.3, 0.4) is 0 Å². The molecule has 1 fully saturated rings. The van der Waals surface area contributed by atoms with Crippen molar-refractivity contribution >= 4 is 28.6 Å². The van der Waals surface area contributed by atoms with Gasteiger partial charge >= 0.3 is 5.97 Å². The lowest BCUT2D eigenvalue weighted by atomic mass is 10.1. The number of hydrogen-bond acceptors (Lipinski definition) is 4. The van der Waals surface area contributed by atoms with Crippen LogP contribution in [0.15, 0.2) is 66.7 Å². The summed E-state index contributed by atoms with van der Waals surface area (Å²) in [5.74, 6) is -0.456. The highest BCUT2D eigenvalue weighted by Gasteiger charge is 2.24. The van der Waals surface area contributed by atoms with Crippen LogP contribution in [0.1, 0.15) is 58.0 Å². The Hall–Kier alpha value is -3.97. The minimum absolute atomic E-state index is 0.0851. The molecule has 1 aliphatic carbocycles. The zero-order valence-electron chi connectivity index (χ0n) is 19.3. The van der Waals surface area contributed by atoms with Crippen molar-refractivity contribution in [2.75, 3.05) is 11.9 Å². The number of carboxylic acid groups (broad SMARTS) is 1. The molecule has 7 heteroatoms. The first-order chi connectivity index (χ1) is 17.0. The number of fused-ring (bicyclic) bond motifs is 1. The predicted molar refractivity (Wildman–Crippen MR) is 135 cm³/mol. The number of carboxylic acids is 1. The number of nitrogens with zero attached hydrogens (tertiary/aromatic N) is 2. The number of aliphatic hydroxyl groups excluding tert-OH is 1. The van der Waals surface area contributed by atoms with E-state index in [1.54, 1.807) is 18.2 Å². The van der Waals surface area contributed by atoms with Crippen LogP contribution >= 0.6 is 0 Å². The fourth-order valence-electron chi connectivity index (χ4n) is 4.85. The number of aromatic nitrogens is 2. The summed E-state index contributed by atoms with van der Waals surface area (Å²) < 4.78 is 2.21. The van der Waals surface area contributed by atoms with E-state index < -0.39 is 5.97 Å². The summed E-state index contributed by atoms with van der Waals surface area (Å²) in [7, 11) is 0. The highest BCUT2D eigenvalue weighted by Crippen LogP contribution is 2.37. The van der Waals surface area contributed by atoms with Crippen molar-refractivity contribution in [3.8, 4) is 11.4 Å². The van der Waals surface area contributed by atoms with Crippen LogP contribution in [0.25, 0.3) is 22.4 Å². The topological polar surface area (TPSA) is 104 Å². The molecule has 5 rings (SSSR count). The van der Waals surface area contributed by atoms with Gasteiger partial charge in [0.15, 0.2) is 0 Å². The van der Waals surface area contributed by atoms with Crippen LogP contribution in [0.5, 0.6) is 0 Å². The molecule has 178 valence electrons. The van der Waals surface area contributed by atoms with Crippen LogP contribution in [0, 0.1) is 0 Å². The Kier molecular flexibility index (Phi) is 6.33. The molecule has 3 N–H and O–H groups in total. The number of anilines is 1. The number of rotatable bonds is 7. The molecule has 1 aromatic heterocycles. The molecule has 1 amide bonds. The highest BCUT2D eigenvalue weighted by atomic mass is 16.4. The maximum Gasteiger partial charge on any atom is 0.335 e. The number of amides is 1. The van der Waals surface area contributed by atoms with Gasteiger partial charge in [0, 0.05) is 29.5 Å². The van der Waals surface area contributed by atoms with E-state index in [-0.39, 0.29) is 18.1 Å². The number of carbonyl (C=O) groups excluding carboxylic acids is 1. The van der Waals surface area contributed by atoms with Gasteiger partial charge in [-0.15, -0.1) is 0 Å². The third kappa shape index (κ3) is 4.68. The highest BCUT2D eigenvalue weighted by molar-refractivity contribution is 6.05. The lowest BCUT2D eigenvalue weighted by Gasteiger charge is -2.17. The van der Waals surface area contributed by atoms with E-state index in [1.165, 1.54) is 0 Å². The second-order valence-corrected chi connectivity index (χ2v) is 8.96. The number of hydrogen-bond donors (Lipinski definition) is 3. The third-order valence-corrected chi connectivity index (χ3v) is 6.62. The Morgan fingerprint density at radius 1 is 0.971 bits per heavy atom. The number of imidazole rings is 1. The van der Waals surface area contributed by atoms with E-state index in [1.807, 2.05) is 48.5 Å². The Balaban J connectivity index is 1.49. The Morgan fingerprint density at radius 3 is 2.46 bits per heavy atom. The van der Waals surface area contributed by atoms with Gasteiger partial charge in [-0.3, -0.25) is 4.79 Å². The average molecular weight is 470 g/mol. The van der Waals surface area contributed by atoms with Crippen LogP contribution < -0.4 is 5.32 Å². The summed E-state index contributed by atoms with van der Waals surface area (Å²) in [6.07, 6.45) is 4.97. The van der Waals surface area contributed by atoms with Crippen molar-refractivity contribution in [1.82, 2.24) is 9.55 Å². The van der Waals surface area contributed by atoms with Crippen LogP contribution in [-0.4, -0.2) is 38.2 Å². The van der Waals surface area contributed by atoms with Crippen LogP contribution in [-0.2, 0) is 6.42 Å². The van der Waals surface area contributed by atoms with Gasteiger partial charge in [0.2, 0.25) is 0 Å². The fraction of sp³-hybridized carbons (Fsp3) is 0.250. The maximum atomic E-state index is 13.0. The van der Waals surface area contributed by atoms with Gasteiger partial charge in [0.1, 0.15) is 5.82 Å². The van der Waals surface area contributed by atoms with Crippen LogP contribution in [0.2, 0.25) is 0 Å². The smallest absolute Gasteiger partial charge is 0.335 e. The summed E-state index contributed by atoms with van der Waals surface area (Å²) >= 11 is 0. The molecule has 0 saturated heterocycles. The number of aliphatic hydroxyl groups is 1. The summed E-state index contributed by atoms with van der Waals surface area (Å²) in [6, 6.07) is 20.2. The van der Waals surface area contributed by atoms with Crippen molar-refractivity contribution in [3.05, 3.63) is 83.4 Å². The van der Waals surface area contributed by atoms with E-state index >= 15 is 0 Å². The molecular weight excluding hydrogens is 442 g/mol. The molecule has 1 saturated carbocycles. The molecule has 0 unspecified atom stereocenters. The third-order valence-electron chi connectivity index (χ3n) is 6.62. The van der Waals surface area contributed by atoms with E-state index in [0.29, 0.717) is 29.2 Å². The average Bonchev–Trinajstić information content (AvgIpc) is 3.52. The first kappa shape index (κ1) is 22.8. The van der Waals surface area contributed by atoms with E-state index in [0.717, 1.165) is 48.2 Å². The fourth-order valence-corrected chi connectivity index (χ4v) is 4.85. The Labute approximate surface area is 203 Å². The Morgan fingerprint density at radius 2 is 1.74 bits per heavy atom. The van der Waals surface area contributed by atoms with Gasteiger partial charge in [-0.2, -0.15) is 0 Å². The Bertz CT molecular complexity index is 1390. The quantitative estimate of drug-likeness (QED) is 0.341. The van der Waals surface area contributed by atoms with Crippen molar-refractivity contribution < 1.29 is 19.8 Å². The molecule has 3 aromatic carbocycles. The van der Waals surface area contributed by atoms with Gasteiger partial charge in [-0.25, -0.2) is 9.78 Å². The summed E-state index contributed by atoms with van der Waals surface area (Å²) in [4.78, 5) is 29.3. The predicted octanol–water partition coefficient (Wildman–Crippen LogP) is 5.30. The van der Waals surface area contributed by atoms with Gasteiger partial charge in [-0.1, -0.05) is 37.1 Å². The zero-order valence-corrected chi connectivity index (χ0v) is 19.3. The molecule has 7 nitrogen and oxygen atoms in total. The van der Waals surface area contributed by atoms with Crippen molar-refractivity contribution in [2.24, 2.45) is 0 Å². The van der Waals surface area contributed by atoms with Gasteiger partial charge in [0.05, 0.1) is 16.6 Å². The summed E-state index contributed by atoms with van der Waals surface area (Å²) in [5.41, 5.74) is 4.78. The summed E-state index contributed by atoms with van der Waals surface area (Å²) in [5, 5.41) is 21.4. The second-order valence-electron chi connectivity index (χ2n) is 8.96. The van der Waals surface area contributed by atoms with E-state index in [9.17, 15) is 14.7 Å². The minimum Gasteiger partial charge on any atom is -0.478 e. The molecular formula is C28H27N3O4. The molecule has 0 spiro atoms. The molecule has 1 aliphatic rings. The van der Waals surface area contributed by atoms with Gasteiger partial charge in [0.25, 0.3) is 5.91 Å². The molecule has 4 aromatic rings. The minimum atomic E-state index is -0.980. The zero-order chi connectivity index (χ0) is 24.4. The van der Waals surface area contributed by atoms with Crippen LogP contribution in [0.4, 0.5) is 5.69 Å². The van der Waals surface area contributed by atoms with Crippen molar-refractivity contribution in [2.45, 2.75) is 38.1 Å². The largest absolute Gasteiger partial charge is 0.478 e. The lowest BCUT2D eigenvalue weighted by Crippen LogP contribution is -2.12. The van der Waals surface area contributed by atoms with Crippen molar-refractivity contribution in [3.63, 3.8) is 0 Å². The first-order valence-electron chi connectivity index (χ1n) is 11.9. The monoisotopic (exact) mass is 469 g/mol. The number of benzene rings is 3. The second kappa shape index (κ2) is 9.72. The van der Waals surface area contributed by atoms with Gasteiger partial charge in [-0.05, 0) is 67.3 Å². The molecule has 1 heterocycles. The van der Waals surface area contributed by atoms with E-state index in [4.69, 9.17) is 10.1 Å². The molecule has 0 bridgehead atoms. The number of nitrogens with one attached hydrogen (secondary N) is 1. The molecule has 0 atom stereocenters. The molecule has 0 aliphatic heterocycles. The molecule has 0 radical (unpaired) electrons. The van der Waals surface area contributed by atoms with E-state index in [2.05, 4.69) is 9.88 Å². The first-order valence-corrected chi connectivity index (χ1v) is 11.9. The normalized spacial score (nSPS) is 13.9. The maximum absolute atomic E-state index is 13.0. The standard InChI is InChI=1S/C28H27N3O4/c32-15-14-18-8-11-22(12-9-18)29-27(33)20-5-3-4-19(16-20)26-30-24-17-21(28(34)35)10-13-25(24)31(26)23-6-1-2-7-23/h3-5,8-13,16-17,23,32H,1-2,6-7,14-15H2,(H,29,33)(H,34,35). The van der Waals surface area contributed by atoms with Gasteiger partial charge < -0.3 is 20.1 Å². The summed E-state index contributed by atoms with van der Waals surface area (Å²) in [6.45, 7) is 0.0851. The number of carbonyl (C=O) groups is 2. The SMILES string of the molecule is O=C(O)c1ccc2c(c1)nc(-c1cccc(C(=O)Nc3ccc(CCO)cc3)c1)n2C1CCCC1. The molecule has 35 heavy (non-hydrogen) atoms.